The molecule has 0 aliphatic rings. The molecule has 1 aromatic carbocycles. The Morgan fingerprint density at radius 1 is 1.28 bits per heavy atom. The van der Waals surface area contributed by atoms with Gasteiger partial charge in [0.15, 0.2) is 0 Å². The third-order valence-electron chi connectivity index (χ3n) is 2.43. The molecule has 0 saturated heterocycles. The first kappa shape index (κ1) is 12.8. The highest BCUT2D eigenvalue weighted by molar-refractivity contribution is 7.90. The van der Waals surface area contributed by atoms with Crippen molar-refractivity contribution in [2.75, 3.05) is 23.9 Å². The van der Waals surface area contributed by atoms with Gasteiger partial charge >= 0.3 is 0 Å². The third-order valence-corrected chi connectivity index (χ3v) is 3.38. The summed E-state index contributed by atoms with van der Waals surface area (Å²) in [6.07, 6.45) is 1.18. The summed E-state index contributed by atoms with van der Waals surface area (Å²) in [6, 6.07) is 7.92. The molecular formula is C12H13FN2O2S. The van der Waals surface area contributed by atoms with Gasteiger partial charge in [-0.05, 0) is 24.3 Å². The highest BCUT2D eigenvalue weighted by Crippen LogP contribution is 2.16. The van der Waals surface area contributed by atoms with E-state index < -0.39 is 9.84 Å². The van der Waals surface area contributed by atoms with E-state index in [0.717, 1.165) is 5.39 Å². The smallest absolute Gasteiger partial charge is 0.149 e. The van der Waals surface area contributed by atoms with Crippen molar-refractivity contribution in [3.8, 4) is 0 Å². The van der Waals surface area contributed by atoms with Crippen LogP contribution in [0.15, 0.2) is 30.3 Å². The number of halogens is 1. The summed E-state index contributed by atoms with van der Waals surface area (Å²) >= 11 is 0. The largest absolute Gasteiger partial charge is 0.369 e. The minimum atomic E-state index is -2.99. The second-order valence-corrected chi connectivity index (χ2v) is 6.35. The zero-order valence-corrected chi connectivity index (χ0v) is 10.7. The van der Waals surface area contributed by atoms with E-state index in [4.69, 9.17) is 0 Å². The van der Waals surface area contributed by atoms with Crippen molar-refractivity contribution in [3.05, 3.63) is 36.1 Å². The normalized spacial score (nSPS) is 11.7. The lowest BCUT2D eigenvalue weighted by atomic mass is 10.2. The number of aromatic nitrogens is 1. The molecule has 1 aromatic heterocycles. The maximum absolute atomic E-state index is 13.0. The summed E-state index contributed by atoms with van der Waals surface area (Å²) in [6.45, 7) is 0.284. The third kappa shape index (κ3) is 3.40. The van der Waals surface area contributed by atoms with Gasteiger partial charge in [-0.3, -0.25) is 0 Å². The van der Waals surface area contributed by atoms with E-state index >= 15 is 0 Å². The summed E-state index contributed by atoms with van der Waals surface area (Å²) in [5, 5.41) is 3.74. The standard InChI is InChI=1S/C12H13FN2O2S/c1-18(16,17)7-6-14-12-5-3-9-2-4-10(13)8-11(9)15-12/h2-5,8H,6-7H2,1H3,(H,14,15). The van der Waals surface area contributed by atoms with E-state index in [1.165, 1.54) is 18.4 Å². The number of anilines is 1. The SMILES string of the molecule is CS(=O)(=O)CCNc1ccc2ccc(F)cc2n1. The van der Waals surface area contributed by atoms with Crippen molar-refractivity contribution in [1.29, 1.82) is 0 Å². The Kier molecular flexibility index (Phi) is 3.47. The van der Waals surface area contributed by atoms with Crippen LogP contribution in [0.1, 0.15) is 0 Å². The fraction of sp³-hybridized carbons (Fsp3) is 0.250. The number of hydrogen-bond acceptors (Lipinski definition) is 4. The van der Waals surface area contributed by atoms with Gasteiger partial charge in [0.05, 0.1) is 11.3 Å². The molecular weight excluding hydrogens is 255 g/mol. The van der Waals surface area contributed by atoms with Crippen molar-refractivity contribution >= 4 is 26.6 Å². The van der Waals surface area contributed by atoms with Crippen LogP contribution < -0.4 is 5.32 Å². The van der Waals surface area contributed by atoms with Crippen LogP contribution in [0.3, 0.4) is 0 Å². The van der Waals surface area contributed by atoms with E-state index in [2.05, 4.69) is 10.3 Å². The number of fused-ring (bicyclic) bond motifs is 1. The van der Waals surface area contributed by atoms with Crippen molar-refractivity contribution in [1.82, 2.24) is 4.98 Å². The van der Waals surface area contributed by atoms with Gasteiger partial charge < -0.3 is 5.32 Å². The number of hydrogen-bond donors (Lipinski definition) is 1. The fourth-order valence-electron chi connectivity index (χ4n) is 1.55. The van der Waals surface area contributed by atoms with E-state index in [1.54, 1.807) is 12.1 Å². The number of nitrogens with one attached hydrogen (secondary N) is 1. The van der Waals surface area contributed by atoms with Crippen LogP contribution in [0.5, 0.6) is 0 Å². The van der Waals surface area contributed by atoms with Crippen molar-refractivity contribution in [3.63, 3.8) is 0 Å². The van der Waals surface area contributed by atoms with Crippen LogP contribution in [-0.2, 0) is 9.84 Å². The molecule has 0 aliphatic carbocycles. The molecule has 0 unspecified atom stereocenters. The Morgan fingerprint density at radius 2 is 2.00 bits per heavy atom. The number of sulfone groups is 1. The molecule has 1 heterocycles. The van der Waals surface area contributed by atoms with E-state index in [9.17, 15) is 12.8 Å². The van der Waals surface area contributed by atoms with Gasteiger partial charge in [0.1, 0.15) is 21.5 Å². The van der Waals surface area contributed by atoms with Crippen LogP contribution in [0.4, 0.5) is 10.2 Å². The van der Waals surface area contributed by atoms with E-state index in [1.807, 2.05) is 6.07 Å². The molecule has 0 bridgehead atoms. The average molecular weight is 268 g/mol. The van der Waals surface area contributed by atoms with Crippen LogP contribution >= 0.6 is 0 Å². The predicted molar refractivity (Wildman–Crippen MR) is 69.9 cm³/mol. The summed E-state index contributed by atoms with van der Waals surface area (Å²) in [5.74, 6) is 0.232. The van der Waals surface area contributed by atoms with Crippen molar-refractivity contribution in [2.45, 2.75) is 0 Å². The zero-order chi connectivity index (χ0) is 13.2. The predicted octanol–water partition coefficient (Wildman–Crippen LogP) is 1.83. The average Bonchev–Trinajstić information content (AvgIpc) is 2.26. The molecule has 96 valence electrons. The lowest BCUT2D eigenvalue weighted by Crippen LogP contribution is -2.14. The summed E-state index contributed by atoms with van der Waals surface area (Å²) < 4.78 is 35.0. The van der Waals surface area contributed by atoms with Gasteiger partial charge in [-0.25, -0.2) is 17.8 Å². The maximum Gasteiger partial charge on any atom is 0.149 e. The molecule has 0 atom stereocenters. The molecule has 0 radical (unpaired) electrons. The monoisotopic (exact) mass is 268 g/mol. The highest BCUT2D eigenvalue weighted by Gasteiger charge is 2.03. The second-order valence-electron chi connectivity index (χ2n) is 4.09. The molecule has 2 aromatic rings. The highest BCUT2D eigenvalue weighted by atomic mass is 32.2. The topological polar surface area (TPSA) is 59.1 Å². The van der Waals surface area contributed by atoms with Crippen molar-refractivity contribution in [2.24, 2.45) is 0 Å². The van der Waals surface area contributed by atoms with Gasteiger partial charge in [0.2, 0.25) is 0 Å². The van der Waals surface area contributed by atoms with Crippen LogP contribution in [0.25, 0.3) is 10.9 Å². The Labute approximate surface area is 105 Å². The van der Waals surface area contributed by atoms with Crippen LogP contribution in [0, 0.1) is 5.82 Å². The molecule has 6 heteroatoms. The van der Waals surface area contributed by atoms with E-state index in [0.29, 0.717) is 11.3 Å². The number of pyridine rings is 1. The molecule has 18 heavy (non-hydrogen) atoms. The molecule has 4 nitrogen and oxygen atoms in total. The number of benzene rings is 1. The molecule has 0 amide bonds. The molecule has 0 fully saturated rings. The first-order valence-electron chi connectivity index (χ1n) is 5.42. The first-order valence-corrected chi connectivity index (χ1v) is 7.48. The summed E-state index contributed by atoms with van der Waals surface area (Å²) in [7, 11) is -2.99. The molecule has 0 saturated carbocycles. The summed E-state index contributed by atoms with van der Waals surface area (Å²) in [4.78, 5) is 4.21. The quantitative estimate of drug-likeness (QED) is 0.919. The Morgan fingerprint density at radius 3 is 2.72 bits per heavy atom. The Balaban J connectivity index is 2.14. The van der Waals surface area contributed by atoms with Gasteiger partial charge in [-0.15, -0.1) is 0 Å². The van der Waals surface area contributed by atoms with Gasteiger partial charge in [-0.1, -0.05) is 0 Å². The maximum atomic E-state index is 13.0. The fourth-order valence-corrected chi connectivity index (χ4v) is 2.03. The van der Waals surface area contributed by atoms with E-state index in [-0.39, 0.29) is 18.1 Å². The minimum Gasteiger partial charge on any atom is -0.369 e. The lowest BCUT2D eigenvalue weighted by Gasteiger charge is -2.06. The van der Waals surface area contributed by atoms with Crippen LogP contribution in [-0.4, -0.2) is 32.0 Å². The van der Waals surface area contributed by atoms with Gasteiger partial charge in [0.25, 0.3) is 0 Å². The lowest BCUT2D eigenvalue weighted by molar-refractivity contribution is 0.602. The molecule has 2 rings (SSSR count). The van der Waals surface area contributed by atoms with Gasteiger partial charge in [-0.2, -0.15) is 0 Å². The Hall–Kier alpha value is -1.69. The molecule has 1 N–H and O–H groups in total. The summed E-state index contributed by atoms with van der Waals surface area (Å²) in [5.41, 5.74) is 0.541. The molecule has 0 aliphatic heterocycles. The van der Waals surface area contributed by atoms with Gasteiger partial charge in [0, 0.05) is 24.3 Å². The van der Waals surface area contributed by atoms with Crippen molar-refractivity contribution < 1.29 is 12.8 Å². The zero-order valence-electron chi connectivity index (χ0n) is 9.85. The number of nitrogens with zero attached hydrogens (tertiary/aromatic N) is 1. The molecule has 0 spiro atoms. The Bertz CT molecular complexity index is 671. The number of rotatable bonds is 4. The first-order chi connectivity index (χ1) is 8.44. The van der Waals surface area contributed by atoms with Crippen LogP contribution in [0.2, 0.25) is 0 Å². The minimum absolute atomic E-state index is 0.0376. The second kappa shape index (κ2) is 4.89.